The number of thiophene rings is 2. The first-order chi connectivity index (χ1) is 11.2. The van der Waals surface area contributed by atoms with E-state index in [1.54, 1.807) is 22.7 Å². The number of hydrogen-bond donors (Lipinski definition) is 2. The molecule has 1 saturated heterocycles. The van der Waals surface area contributed by atoms with Crippen LogP contribution in [0.2, 0.25) is 0 Å². The number of amides is 1. The quantitative estimate of drug-likeness (QED) is 0.771. The summed E-state index contributed by atoms with van der Waals surface area (Å²) in [7, 11) is 0. The molecular formula is C18H25ClN2OS2. The molecule has 3 nitrogen and oxygen atoms in total. The lowest BCUT2D eigenvalue weighted by molar-refractivity contribution is -0.122. The fourth-order valence-electron chi connectivity index (χ4n) is 3.24. The van der Waals surface area contributed by atoms with Crippen LogP contribution in [-0.4, -0.2) is 19.0 Å². The van der Waals surface area contributed by atoms with Gasteiger partial charge in [0.05, 0.1) is 6.04 Å². The zero-order chi connectivity index (χ0) is 16.1. The Kier molecular flexibility index (Phi) is 7.75. The third kappa shape index (κ3) is 5.06. The van der Waals surface area contributed by atoms with Gasteiger partial charge in [-0.15, -0.1) is 35.1 Å². The lowest BCUT2D eigenvalue weighted by atomic mass is 9.85. The van der Waals surface area contributed by atoms with Crippen molar-refractivity contribution in [3.63, 3.8) is 0 Å². The molecule has 0 saturated carbocycles. The highest BCUT2D eigenvalue weighted by atomic mass is 35.5. The van der Waals surface area contributed by atoms with Crippen LogP contribution in [0.15, 0.2) is 35.0 Å². The van der Waals surface area contributed by atoms with Crippen molar-refractivity contribution >= 4 is 41.0 Å². The predicted octanol–water partition coefficient (Wildman–Crippen LogP) is 4.46. The summed E-state index contributed by atoms with van der Waals surface area (Å²) in [5.41, 5.74) is 0. The summed E-state index contributed by atoms with van der Waals surface area (Å²) in [6.07, 6.45) is 3.07. The third-order valence-electron chi connectivity index (χ3n) is 4.61. The molecule has 24 heavy (non-hydrogen) atoms. The van der Waals surface area contributed by atoms with Gasteiger partial charge in [-0.05, 0) is 60.7 Å². The maximum Gasteiger partial charge on any atom is 0.221 e. The summed E-state index contributed by atoms with van der Waals surface area (Å²) in [5, 5.41) is 10.8. The van der Waals surface area contributed by atoms with Crippen LogP contribution in [0.3, 0.4) is 0 Å². The largest absolute Gasteiger partial charge is 0.344 e. The molecule has 2 atom stereocenters. The van der Waals surface area contributed by atoms with Gasteiger partial charge in [0.25, 0.3) is 0 Å². The lowest BCUT2D eigenvalue weighted by Crippen LogP contribution is -2.36. The molecule has 3 heterocycles. The second kappa shape index (κ2) is 9.56. The molecule has 0 aliphatic carbocycles. The Morgan fingerprint density at radius 1 is 1.29 bits per heavy atom. The van der Waals surface area contributed by atoms with E-state index < -0.39 is 0 Å². The molecule has 132 valence electrons. The molecule has 1 aliphatic rings. The average Bonchev–Trinajstić information content (AvgIpc) is 3.27. The van der Waals surface area contributed by atoms with E-state index in [1.807, 2.05) is 12.1 Å². The van der Waals surface area contributed by atoms with E-state index in [0.29, 0.717) is 18.3 Å². The number of rotatable bonds is 6. The van der Waals surface area contributed by atoms with Crippen molar-refractivity contribution in [2.24, 2.45) is 11.8 Å². The summed E-state index contributed by atoms with van der Waals surface area (Å²) < 4.78 is 0. The van der Waals surface area contributed by atoms with Crippen LogP contribution in [0.25, 0.3) is 0 Å². The second-order valence-electron chi connectivity index (χ2n) is 6.32. The van der Waals surface area contributed by atoms with Gasteiger partial charge >= 0.3 is 0 Å². The maximum atomic E-state index is 12.6. The third-order valence-corrected chi connectivity index (χ3v) is 6.48. The Balaban J connectivity index is 0.00000208. The number of carbonyl (C=O) groups is 1. The molecule has 6 heteroatoms. The highest BCUT2D eigenvalue weighted by molar-refractivity contribution is 7.11. The molecule has 1 amide bonds. The molecule has 0 spiro atoms. The van der Waals surface area contributed by atoms with Gasteiger partial charge in [-0.1, -0.05) is 19.1 Å². The molecule has 1 aliphatic heterocycles. The van der Waals surface area contributed by atoms with E-state index in [0.717, 1.165) is 13.1 Å². The maximum absolute atomic E-state index is 12.6. The minimum atomic E-state index is -0.000758. The molecule has 2 aromatic heterocycles. The van der Waals surface area contributed by atoms with Crippen LogP contribution in [0, 0.1) is 11.8 Å². The van der Waals surface area contributed by atoms with E-state index in [1.165, 1.54) is 22.6 Å². The normalized spacial score (nSPS) is 18.8. The standard InChI is InChI=1S/C18H24N2OS2.ClH/c1-13(14-5-2-8-19-12-14)11-17(21)20-18(15-6-3-9-22-15)16-7-4-10-23-16;/h3-4,6-7,9-10,13-14,18-19H,2,5,8,11-12H2,1H3,(H,20,21);1H. The summed E-state index contributed by atoms with van der Waals surface area (Å²) in [6.45, 7) is 4.38. The van der Waals surface area contributed by atoms with Gasteiger partial charge in [-0.2, -0.15) is 0 Å². The van der Waals surface area contributed by atoms with Crippen molar-refractivity contribution in [2.75, 3.05) is 13.1 Å². The molecule has 2 aromatic rings. The first-order valence-electron chi connectivity index (χ1n) is 8.31. The molecule has 0 aromatic carbocycles. The second-order valence-corrected chi connectivity index (χ2v) is 8.28. The monoisotopic (exact) mass is 384 g/mol. The van der Waals surface area contributed by atoms with Gasteiger partial charge in [-0.3, -0.25) is 4.79 Å². The summed E-state index contributed by atoms with van der Waals surface area (Å²) >= 11 is 3.40. The SMILES string of the molecule is CC(CC(=O)NC(c1cccs1)c1cccs1)C1CCCNC1.Cl. The van der Waals surface area contributed by atoms with Crippen molar-refractivity contribution in [3.05, 3.63) is 44.8 Å². The number of nitrogens with one attached hydrogen (secondary N) is 2. The average molecular weight is 385 g/mol. The van der Waals surface area contributed by atoms with Gasteiger partial charge in [0.1, 0.15) is 0 Å². The lowest BCUT2D eigenvalue weighted by Gasteiger charge is -2.28. The number of piperidine rings is 1. The molecule has 0 radical (unpaired) electrons. The Hall–Kier alpha value is -0.880. The smallest absolute Gasteiger partial charge is 0.221 e. The minimum absolute atomic E-state index is 0. The summed E-state index contributed by atoms with van der Waals surface area (Å²) in [6, 6.07) is 8.29. The fraction of sp³-hybridized carbons (Fsp3) is 0.500. The highest BCUT2D eigenvalue weighted by Crippen LogP contribution is 2.30. The Labute approximate surface area is 158 Å². The van der Waals surface area contributed by atoms with Gasteiger partial charge in [0, 0.05) is 16.2 Å². The Morgan fingerprint density at radius 3 is 2.46 bits per heavy atom. The van der Waals surface area contributed by atoms with Crippen LogP contribution in [0.1, 0.15) is 42.0 Å². The van der Waals surface area contributed by atoms with Gasteiger partial charge in [0.2, 0.25) is 5.91 Å². The highest BCUT2D eigenvalue weighted by Gasteiger charge is 2.24. The van der Waals surface area contributed by atoms with Gasteiger partial charge < -0.3 is 10.6 Å². The Morgan fingerprint density at radius 2 is 1.96 bits per heavy atom. The van der Waals surface area contributed by atoms with E-state index in [9.17, 15) is 4.79 Å². The van der Waals surface area contributed by atoms with Crippen LogP contribution in [-0.2, 0) is 4.79 Å². The fourth-order valence-corrected chi connectivity index (χ4v) is 4.90. The number of hydrogen-bond acceptors (Lipinski definition) is 4. The number of carbonyl (C=O) groups excluding carboxylic acids is 1. The zero-order valence-corrected chi connectivity index (χ0v) is 16.3. The summed E-state index contributed by atoms with van der Waals surface area (Å²) in [5.74, 6) is 1.21. The van der Waals surface area contributed by atoms with E-state index in [4.69, 9.17) is 0 Å². The van der Waals surface area contributed by atoms with E-state index in [2.05, 4.69) is 40.5 Å². The van der Waals surface area contributed by atoms with Crippen LogP contribution < -0.4 is 10.6 Å². The van der Waals surface area contributed by atoms with Crippen molar-refractivity contribution in [2.45, 2.75) is 32.2 Å². The van der Waals surface area contributed by atoms with Gasteiger partial charge in [0.15, 0.2) is 0 Å². The van der Waals surface area contributed by atoms with Crippen LogP contribution in [0.4, 0.5) is 0 Å². The van der Waals surface area contributed by atoms with Crippen molar-refractivity contribution in [1.82, 2.24) is 10.6 Å². The van der Waals surface area contributed by atoms with E-state index >= 15 is 0 Å². The van der Waals surface area contributed by atoms with Crippen LogP contribution >= 0.6 is 35.1 Å². The van der Waals surface area contributed by atoms with Crippen molar-refractivity contribution in [3.8, 4) is 0 Å². The first-order valence-corrected chi connectivity index (χ1v) is 10.1. The first kappa shape index (κ1) is 19.4. The Bertz CT molecular complexity index is 560. The molecular weight excluding hydrogens is 360 g/mol. The van der Waals surface area contributed by atoms with Crippen molar-refractivity contribution in [1.29, 1.82) is 0 Å². The summed E-state index contributed by atoms with van der Waals surface area (Å²) in [4.78, 5) is 15.0. The topological polar surface area (TPSA) is 41.1 Å². The van der Waals surface area contributed by atoms with Gasteiger partial charge in [-0.25, -0.2) is 0 Å². The molecule has 2 unspecified atom stereocenters. The molecule has 2 N–H and O–H groups in total. The molecule has 3 rings (SSSR count). The van der Waals surface area contributed by atoms with Crippen LogP contribution in [0.5, 0.6) is 0 Å². The minimum Gasteiger partial charge on any atom is -0.344 e. The molecule has 0 bridgehead atoms. The predicted molar refractivity (Wildman–Crippen MR) is 105 cm³/mol. The van der Waals surface area contributed by atoms with Crippen molar-refractivity contribution < 1.29 is 4.79 Å². The van der Waals surface area contributed by atoms with E-state index in [-0.39, 0.29) is 24.4 Å². The number of halogens is 1. The zero-order valence-electron chi connectivity index (χ0n) is 13.9. The molecule has 1 fully saturated rings.